The second kappa shape index (κ2) is 9.23. The number of aromatic nitrogens is 3. The molecule has 0 amide bonds. The van der Waals surface area contributed by atoms with Gasteiger partial charge in [0.15, 0.2) is 5.82 Å². The first kappa shape index (κ1) is 17.5. The van der Waals surface area contributed by atoms with E-state index < -0.39 is 0 Å². The van der Waals surface area contributed by atoms with Gasteiger partial charge in [-0.3, -0.25) is 0 Å². The zero-order chi connectivity index (χ0) is 16.6. The molecule has 5 heteroatoms. The first-order valence-corrected chi connectivity index (χ1v) is 10.4. The Morgan fingerprint density at radius 3 is 2.88 bits per heavy atom. The highest BCUT2D eigenvalue weighted by Gasteiger charge is 2.21. The number of hydrogen-bond acceptors (Lipinski definition) is 4. The van der Waals surface area contributed by atoms with E-state index in [2.05, 4.69) is 46.6 Å². The molecule has 1 saturated heterocycles. The highest BCUT2D eigenvalue weighted by atomic mass is 32.2. The van der Waals surface area contributed by atoms with Crippen molar-refractivity contribution in [2.75, 3.05) is 25.1 Å². The Morgan fingerprint density at radius 1 is 1.17 bits per heavy atom. The van der Waals surface area contributed by atoms with Crippen LogP contribution in [0.4, 0.5) is 0 Å². The van der Waals surface area contributed by atoms with E-state index >= 15 is 0 Å². The molecule has 0 spiro atoms. The number of rotatable bonds is 7. The van der Waals surface area contributed by atoms with E-state index in [1.165, 1.54) is 30.7 Å². The van der Waals surface area contributed by atoms with Crippen LogP contribution >= 0.6 is 11.8 Å². The van der Waals surface area contributed by atoms with Crippen LogP contribution in [-0.4, -0.2) is 39.9 Å². The molecule has 3 rings (SSSR count). The summed E-state index contributed by atoms with van der Waals surface area (Å²) in [4.78, 5) is 4.94. The van der Waals surface area contributed by atoms with Crippen LogP contribution in [-0.2, 0) is 19.4 Å². The van der Waals surface area contributed by atoms with E-state index in [0.717, 1.165) is 44.1 Å². The van der Waals surface area contributed by atoms with Crippen LogP contribution in [0.15, 0.2) is 30.3 Å². The van der Waals surface area contributed by atoms with Gasteiger partial charge in [-0.05, 0) is 50.6 Å². The monoisotopic (exact) mass is 344 g/mol. The first-order chi connectivity index (χ1) is 11.9. The molecule has 0 bridgehead atoms. The maximum atomic E-state index is 4.94. The summed E-state index contributed by atoms with van der Waals surface area (Å²) >= 11 is 1.86. The number of benzene rings is 1. The average Bonchev–Trinajstić information content (AvgIpc) is 2.83. The Hall–Kier alpha value is -1.33. The van der Waals surface area contributed by atoms with Crippen molar-refractivity contribution in [1.29, 1.82) is 0 Å². The van der Waals surface area contributed by atoms with Gasteiger partial charge in [0.05, 0.1) is 0 Å². The summed E-state index contributed by atoms with van der Waals surface area (Å²) < 4.78 is 2.19. The fourth-order valence-corrected chi connectivity index (χ4v) is 3.71. The molecular weight excluding hydrogens is 316 g/mol. The SMILES string of the molecule is CSCCc1nc(C2CCCNCC2)n(CCc2ccccc2)n1. The van der Waals surface area contributed by atoms with E-state index in [1.807, 2.05) is 11.8 Å². The molecule has 1 aliphatic rings. The summed E-state index contributed by atoms with van der Waals surface area (Å²) in [6, 6.07) is 10.7. The first-order valence-electron chi connectivity index (χ1n) is 9.04. The van der Waals surface area contributed by atoms with Gasteiger partial charge in [-0.25, -0.2) is 9.67 Å². The van der Waals surface area contributed by atoms with Crippen molar-refractivity contribution in [2.24, 2.45) is 0 Å². The lowest BCUT2D eigenvalue weighted by Gasteiger charge is -2.14. The molecule has 1 aromatic carbocycles. The molecule has 1 aromatic heterocycles. The molecule has 1 fully saturated rings. The highest BCUT2D eigenvalue weighted by molar-refractivity contribution is 7.98. The minimum atomic E-state index is 0.548. The van der Waals surface area contributed by atoms with E-state index in [1.54, 1.807) is 0 Å². The molecule has 24 heavy (non-hydrogen) atoms. The van der Waals surface area contributed by atoms with Gasteiger partial charge in [0.25, 0.3) is 0 Å². The molecule has 130 valence electrons. The fourth-order valence-electron chi connectivity index (χ4n) is 3.33. The van der Waals surface area contributed by atoms with Gasteiger partial charge in [0, 0.05) is 24.6 Å². The van der Waals surface area contributed by atoms with Crippen molar-refractivity contribution < 1.29 is 0 Å². The Balaban J connectivity index is 1.75. The van der Waals surface area contributed by atoms with Crippen LogP contribution in [0, 0.1) is 0 Å². The Labute approximate surface area is 149 Å². The van der Waals surface area contributed by atoms with Crippen LogP contribution in [0.25, 0.3) is 0 Å². The number of nitrogens with one attached hydrogen (secondary N) is 1. The summed E-state index contributed by atoms with van der Waals surface area (Å²) in [6.07, 6.45) is 7.76. The molecule has 1 N–H and O–H groups in total. The summed E-state index contributed by atoms with van der Waals surface area (Å²) in [5.41, 5.74) is 1.37. The largest absolute Gasteiger partial charge is 0.317 e. The molecule has 4 nitrogen and oxygen atoms in total. The molecular formula is C19H28N4S. The summed E-state index contributed by atoms with van der Waals surface area (Å²) in [5.74, 6) is 3.87. The maximum Gasteiger partial charge on any atom is 0.151 e. The third-order valence-corrected chi connectivity index (χ3v) is 5.28. The van der Waals surface area contributed by atoms with Crippen LogP contribution in [0.1, 0.15) is 42.4 Å². The van der Waals surface area contributed by atoms with Gasteiger partial charge in [0.2, 0.25) is 0 Å². The van der Waals surface area contributed by atoms with Crippen molar-refractivity contribution in [3.05, 3.63) is 47.5 Å². The Bertz CT molecular complexity index is 603. The molecule has 1 aliphatic heterocycles. The molecule has 1 unspecified atom stereocenters. The normalized spacial score (nSPS) is 18.5. The topological polar surface area (TPSA) is 42.7 Å². The number of aryl methyl sites for hydroxylation is 3. The summed E-state index contributed by atoms with van der Waals surface area (Å²) in [5, 5.41) is 8.35. The standard InChI is InChI=1S/C19H28N4S/c1-24-15-11-18-21-19(17-8-5-12-20-13-9-17)23(22-18)14-10-16-6-3-2-4-7-16/h2-4,6-7,17,20H,5,8-15H2,1H3. The smallest absolute Gasteiger partial charge is 0.151 e. The maximum absolute atomic E-state index is 4.94. The van der Waals surface area contributed by atoms with E-state index in [-0.39, 0.29) is 0 Å². The molecule has 0 saturated carbocycles. The molecule has 0 radical (unpaired) electrons. The zero-order valence-corrected chi connectivity index (χ0v) is 15.4. The van der Waals surface area contributed by atoms with Gasteiger partial charge in [-0.15, -0.1) is 0 Å². The van der Waals surface area contributed by atoms with E-state index in [9.17, 15) is 0 Å². The minimum Gasteiger partial charge on any atom is -0.317 e. The molecule has 0 aliphatic carbocycles. The van der Waals surface area contributed by atoms with Crippen molar-refractivity contribution in [2.45, 2.75) is 44.6 Å². The predicted molar refractivity (Wildman–Crippen MR) is 102 cm³/mol. The highest BCUT2D eigenvalue weighted by Crippen LogP contribution is 2.25. The lowest BCUT2D eigenvalue weighted by molar-refractivity contribution is 0.501. The van der Waals surface area contributed by atoms with E-state index in [4.69, 9.17) is 10.1 Å². The summed E-state index contributed by atoms with van der Waals surface area (Å²) in [7, 11) is 0. The van der Waals surface area contributed by atoms with Gasteiger partial charge in [-0.2, -0.15) is 16.9 Å². The second-order valence-electron chi connectivity index (χ2n) is 6.47. The lowest BCUT2D eigenvalue weighted by atomic mass is 10.00. The van der Waals surface area contributed by atoms with Crippen LogP contribution in [0.5, 0.6) is 0 Å². The zero-order valence-electron chi connectivity index (χ0n) is 14.6. The summed E-state index contributed by atoms with van der Waals surface area (Å²) in [6.45, 7) is 3.15. The molecule has 2 aromatic rings. The van der Waals surface area contributed by atoms with Gasteiger partial charge < -0.3 is 5.32 Å². The van der Waals surface area contributed by atoms with Crippen LogP contribution in [0.2, 0.25) is 0 Å². The third kappa shape index (κ3) is 4.84. The lowest BCUT2D eigenvalue weighted by Crippen LogP contribution is -2.15. The number of nitrogens with zero attached hydrogens (tertiary/aromatic N) is 3. The van der Waals surface area contributed by atoms with Crippen molar-refractivity contribution >= 4 is 11.8 Å². The Morgan fingerprint density at radius 2 is 2.04 bits per heavy atom. The van der Waals surface area contributed by atoms with Gasteiger partial charge in [0.1, 0.15) is 5.82 Å². The van der Waals surface area contributed by atoms with E-state index in [0.29, 0.717) is 5.92 Å². The second-order valence-corrected chi connectivity index (χ2v) is 7.45. The van der Waals surface area contributed by atoms with Gasteiger partial charge >= 0.3 is 0 Å². The number of thioether (sulfide) groups is 1. The van der Waals surface area contributed by atoms with Crippen LogP contribution < -0.4 is 5.32 Å². The van der Waals surface area contributed by atoms with Crippen molar-refractivity contribution in [3.8, 4) is 0 Å². The number of hydrogen-bond donors (Lipinski definition) is 1. The molecule has 1 atom stereocenters. The Kier molecular flexibility index (Phi) is 6.73. The quantitative estimate of drug-likeness (QED) is 0.837. The molecule has 2 heterocycles. The van der Waals surface area contributed by atoms with Crippen molar-refractivity contribution in [3.63, 3.8) is 0 Å². The average molecular weight is 345 g/mol. The predicted octanol–water partition coefficient (Wildman–Crippen LogP) is 3.28. The minimum absolute atomic E-state index is 0.548. The fraction of sp³-hybridized carbons (Fsp3) is 0.579. The van der Waals surface area contributed by atoms with Crippen LogP contribution in [0.3, 0.4) is 0 Å². The van der Waals surface area contributed by atoms with Gasteiger partial charge in [-0.1, -0.05) is 30.3 Å². The third-order valence-electron chi connectivity index (χ3n) is 4.67. The van der Waals surface area contributed by atoms with Crippen molar-refractivity contribution in [1.82, 2.24) is 20.1 Å².